The first-order valence-corrected chi connectivity index (χ1v) is 15.3. The van der Waals surface area contributed by atoms with Crippen LogP contribution in [0.5, 0.6) is 11.5 Å². The van der Waals surface area contributed by atoms with Gasteiger partial charge in [0.1, 0.15) is 24.7 Å². The molecule has 0 aromatic heterocycles. The van der Waals surface area contributed by atoms with Crippen molar-refractivity contribution in [3.63, 3.8) is 0 Å². The SMILES string of the molecule is OCCOc1ccc(C2(c3cccc(-c4ccccc4)c3OCCO)c3ccccc3-c3ccccc32)cc1-c1ccccc1. The summed E-state index contributed by atoms with van der Waals surface area (Å²) >= 11 is 0. The minimum Gasteiger partial charge on any atom is -0.491 e. The largest absolute Gasteiger partial charge is 0.491 e. The molecule has 0 bridgehead atoms. The number of fused-ring (bicyclic) bond motifs is 3. The normalized spacial score (nSPS) is 12.8. The third-order valence-corrected chi connectivity index (χ3v) is 8.64. The Bertz CT molecular complexity index is 1890. The van der Waals surface area contributed by atoms with E-state index in [1.807, 2.05) is 42.5 Å². The van der Waals surface area contributed by atoms with Crippen LogP contribution in [0, 0.1) is 0 Å². The number of para-hydroxylation sites is 1. The van der Waals surface area contributed by atoms with E-state index >= 15 is 0 Å². The van der Waals surface area contributed by atoms with Crippen molar-refractivity contribution in [3.05, 3.63) is 168 Å². The average molecular weight is 591 g/mol. The molecule has 0 saturated heterocycles. The van der Waals surface area contributed by atoms with Crippen LogP contribution in [0.2, 0.25) is 0 Å². The molecule has 1 aliphatic rings. The van der Waals surface area contributed by atoms with Gasteiger partial charge in [0, 0.05) is 16.7 Å². The van der Waals surface area contributed by atoms with Gasteiger partial charge in [-0.15, -0.1) is 0 Å². The second-order valence-electron chi connectivity index (χ2n) is 11.1. The molecule has 0 spiro atoms. The fraction of sp³-hybridized carbons (Fsp3) is 0.122. The maximum atomic E-state index is 9.95. The summed E-state index contributed by atoms with van der Waals surface area (Å²) in [5, 5.41) is 19.5. The zero-order valence-electron chi connectivity index (χ0n) is 24.9. The fourth-order valence-electron chi connectivity index (χ4n) is 6.86. The predicted molar refractivity (Wildman–Crippen MR) is 180 cm³/mol. The van der Waals surface area contributed by atoms with E-state index in [1.165, 1.54) is 11.1 Å². The lowest BCUT2D eigenvalue weighted by Gasteiger charge is -2.36. The number of benzene rings is 6. The van der Waals surface area contributed by atoms with Gasteiger partial charge in [0.2, 0.25) is 0 Å². The Labute approximate surface area is 263 Å². The van der Waals surface area contributed by atoms with Crippen LogP contribution in [0.4, 0.5) is 0 Å². The van der Waals surface area contributed by atoms with Crippen LogP contribution >= 0.6 is 0 Å². The molecule has 45 heavy (non-hydrogen) atoms. The van der Waals surface area contributed by atoms with Crippen molar-refractivity contribution in [3.8, 4) is 44.9 Å². The van der Waals surface area contributed by atoms with Gasteiger partial charge in [0.15, 0.2) is 0 Å². The molecular formula is C41H34O4. The standard InChI is InChI=1S/C41H34O4/c42-24-26-44-39-23-22-31(28-35(39)30-14-5-2-6-15-30)41(36-19-9-7-16-33(36)34-17-8-10-20-37(34)41)38-21-11-18-32(40(38)45-27-25-43)29-12-3-1-4-13-29/h1-23,28,42-43H,24-27H2. The van der Waals surface area contributed by atoms with E-state index in [4.69, 9.17) is 9.47 Å². The molecule has 2 N–H and O–H groups in total. The van der Waals surface area contributed by atoms with Crippen molar-refractivity contribution in [1.29, 1.82) is 0 Å². The monoisotopic (exact) mass is 590 g/mol. The molecule has 4 heteroatoms. The van der Waals surface area contributed by atoms with E-state index < -0.39 is 5.41 Å². The van der Waals surface area contributed by atoms with Crippen LogP contribution in [0.25, 0.3) is 33.4 Å². The van der Waals surface area contributed by atoms with Crippen LogP contribution in [-0.2, 0) is 5.41 Å². The van der Waals surface area contributed by atoms with Crippen molar-refractivity contribution >= 4 is 0 Å². The lowest BCUT2D eigenvalue weighted by molar-refractivity contribution is 0.200. The Kier molecular flexibility index (Phi) is 7.91. The smallest absolute Gasteiger partial charge is 0.132 e. The van der Waals surface area contributed by atoms with E-state index in [2.05, 4.69) is 103 Å². The Balaban J connectivity index is 1.60. The fourth-order valence-corrected chi connectivity index (χ4v) is 6.86. The van der Waals surface area contributed by atoms with Gasteiger partial charge in [-0.25, -0.2) is 0 Å². The van der Waals surface area contributed by atoms with Crippen LogP contribution < -0.4 is 9.47 Å². The zero-order chi connectivity index (χ0) is 30.6. The average Bonchev–Trinajstić information content (AvgIpc) is 3.41. The first kappa shape index (κ1) is 28.6. The summed E-state index contributed by atoms with van der Waals surface area (Å²) in [5.74, 6) is 1.45. The Morgan fingerprint density at radius 2 is 0.956 bits per heavy atom. The molecular weight excluding hydrogens is 556 g/mol. The first-order chi connectivity index (χ1) is 22.3. The molecule has 0 atom stereocenters. The van der Waals surface area contributed by atoms with Crippen molar-refractivity contribution < 1.29 is 19.7 Å². The number of aliphatic hydroxyl groups is 2. The highest BCUT2D eigenvalue weighted by Gasteiger charge is 2.48. The van der Waals surface area contributed by atoms with E-state index in [1.54, 1.807) is 0 Å². The summed E-state index contributed by atoms with van der Waals surface area (Å²) in [4.78, 5) is 0. The molecule has 0 saturated carbocycles. The number of rotatable bonds is 10. The van der Waals surface area contributed by atoms with E-state index in [0.29, 0.717) is 5.75 Å². The third-order valence-electron chi connectivity index (χ3n) is 8.64. The van der Waals surface area contributed by atoms with Crippen LogP contribution in [0.15, 0.2) is 146 Å². The highest BCUT2D eigenvalue weighted by atomic mass is 16.5. The maximum absolute atomic E-state index is 9.95. The number of hydrogen-bond donors (Lipinski definition) is 2. The third kappa shape index (κ3) is 4.89. The summed E-state index contributed by atoms with van der Waals surface area (Å²) in [6, 6.07) is 50.5. The highest BCUT2D eigenvalue weighted by Crippen LogP contribution is 2.59. The molecule has 222 valence electrons. The van der Waals surface area contributed by atoms with E-state index in [-0.39, 0.29) is 26.4 Å². The van der Waals surface area contributed by atoms with Gasteiger partial charge in [0.05, 0.1) is 18.6 Å². The number of ether oxygens (including phenoxy) is 2. The number of hydrogen-bond acceptors (Lipinski definition) is 4. The Hall–Kier alpha value is -5.16. The summed E-state index contributed by atoms with van der Waals surface area (Å²) in [5.41, 5.74) is 9.96. The van der Waals surface area contributed by atoms with E-state index in [9.17, 15) is 10.2 Å². The molecule has 0 unspecified atom stereocenters. The van der Waals surface area contributed by atoms with Gasteiger partial charge in [-0.05, 0) is 51.1 Å². The minimum absolute atomic E-state index is 0.0709. The highest BCUT2D eigenvalue weighted by molar-refractivity contribution is 5.89. The van der Waals surface area contributed by atoms with Gasteiger partial charge in [-0.3, -0.25) is 0 Å². The van der Waals surface area contributed by atoms with Gasteiger partial charge in [0.25, 0.3) is 0 Å². The lowest BCUT2D eigenvalue weighted by atomic mass is 9.66. The maximum Gasteiger partial charge on any atom is 0.132 e. The molecule has 0 fully saturated rings. The minimum atomic E-state index is -0.748. The topological polar surface area (TPSA) is 58.9 Å². The predicted octanol–water partition coefficient (Wildman–Crippen LogP) is 8.13. The summed E-state index contributed by atoms with van der Waals surface area (Å²) in [6.07, 6.45) is 0. The second-order valence-corrected chi connectivity index (χ2v) is 11.1. The van der Waals surface area contributed by atoms with Gasteiger partial charge in [-0.1, -0.05) is 133 Å². The molecule has 1 aliphatic carbocycles. The quantitative estimate of drug-likeness (QED) is 0.169. The number of aliphatic hydroxyl groups excluding tert-OH is 2. The second kappa shape index (κ2) is 12.4. The molecule has 4 nitrogen and oxygen atoms in total. The van der Waals surface area contributed by atoms with Crippen molar-refractivity contribution in [2.75, 3.05) is 26.4 Å². The molecule has 6 aromatic rings. The Morgan fingerprint density at radius 3 is 1.58 bits per heavy atom. The zero-order valence-corrected chi connectivity index (χ0v) is 24.9. The summed E-state index contributed by atoms with van der Waals surface area (Å²) in [7, 11) is 0. The molecule has 7 rings (SSSR count). The molecule has 0 heterocycles. The van der Waals surface area contributed by atoms with Crippen LogP contribution in [0.3, 0.4) is 0 Å². The first-order valence-electron chi connectivity index (χ1n) is 15.3. The van der Waals surface area contributed by atoms with Crippen molar-refractivity contribution in [2.45, 2.75) is 5.41 Å². The lowest BCUT2D eigenvalue weighted by Crippen LogP contribution is -2.30. The molecule has 0 amide bonds. The molecule has 6 aromatic carbocycles. The summed E-state index contributed by atoms with van der Waals surface area (Å²) in [6.45, 7) is 0.198. The van der Waals surface area contributed by atoms with Gasteiger partial charge in [-0.2, -0.15) is 0 Å². The van der Waals surface area contributed by atoms with Crippen LogP contribution in [-0.4, -0.2) is 36.6 Å². The Morgan fingerprint density at radius 1 is 0.444 bits per heavy atom. The van der Waals surface area contributed by atoms with E-state index in [0.717, 1.165) is 50.3 Å². The molecule has 0 aliphatic heterocycles. The summed E-state index contributed by atoms with van der Waals surface area (Å²) < 4.78 is 12.6. The van der Waals surface area contributed by atoms with Gasteiger partial charge < -0.3 is 19.7 Å². The van der Waals surface area contributed by atoms with Crippen LogP contribution in [0.1, 0.15) is 22.3 Å². The van der Waals surface area contributed by atoms with Gasteiger partial charge >= 0.3 is 0 Å². The van der Waals surface area contributed by atoms with Crippen molar-refractivity contribution in [2.24, 2.45) is 0 Å². The van der Waals surface area contributed by atoms with Crippen molar-refractivity contribution in [1.82, 2.24) is 0 Å². The molecule has 0 radical (unpaired) electrons.